The van der Waals surface area contributed by atoms with Crippen LogP contribution in [0.15, 0.2) is 12.7 Å². The molecule has 0 bridgehead atoms. The maximum Gasteiger partial charge on any atom is 0.243 e. The van der Waals surface area contributed by atoms with Crippen molar-refractivity contribution < 1.29 is 4.79 Å². The molecule has 1 heterocycles. The van der Waals surface area contributed by atoms with Crippen molar-refractivity contribution in [2.75, 3.05) is 6.54 Å². The van der Waals surface area contributed by atoms with Gasteiger partial charge in [-0.1, -0.05) is 19.4 Å². The van der Waals surface area contributed by atoms with Crippen LogP contribution < -0.4 is 5.32 Å². The highest BCUT2D eigenvalue weighted by Crippen LogP contribution is 2.40. The van der Waals surface area contributed by atoms with E-state index in [1.807, 2.05) is 0 Å². The van der Waals surface area contributed by atoms with E-state index in [1.54, 1.807) is 0 Å². The van der Waals surface area contributed by atoms with Gasteiger partial charge in [-0.05, 0) is 50.5 Å². The lowest BCUT2D eigenvalue weighted by Crippen LogP contribution is -2.43. The van der Waals surface area contributed by atoms with Gasteiger partial charge in [0.15, 0.2) is 0 Å². The molecule has 3 atom stereocenters. The minimum atomic E-state index is -0.0179. The molecule has 0 aromatic heterocycles. The number of halogens is 1. The molecule has 0 radical (unpaired) electrons. The van der Waals surface area contributed by atoms with Crippen molar-refractivity contribution in [3.05, 3.63) is 12.7 Å². The Balaban J connectivity index is 1.69. The SMILES string of the molecule is C=CC(=O)NC1CN(C2CCC(Cl)CC2)C2CCCCC12. The second kappa shape index (κ2) is 6.70. The Bertz CT molecular complexity index is 392. The normalized spacial score (nSPS) is 40.5. The van der Waals surface area contributed by atoms with Gasteiger partial charge in [0.25, 0.3) is 0 Å². The summed E-state index contributed by atoms with van der Waals surface area (Å²) < 4.78 is 0. The van der Waals surface area contributed by atoms with Crippen LogP contribution in [0.1, 0.15) is 51.4 Å². The number of hydrogen-bond acceptors (Lipinski definition) is 2. The summed E-state index contributed by atoms with van der Waals surface area (Å²) in [5.74, 6) is 0.618. The number of hydrogen-bond donors (Lipinski definition) is 1. The Kier molecular flexibility index (Phi) is 4.90. The minimum Gasteiger partial charge on any atom is -0.348 e. The first-order chi connectivity index (χ1) is 10.2. The molecule has 3 rings (SSSR count). The molecule has 21 heavy (non-hydrogen) atoms. The first-order valence-electron chi connectivity index (χ1n) is 8.51. The van der Waals surface area contributed by atoms with Crippen LogP contribution >= 0.6 is 11.6 Å². The molecule has 3 nitrogen and oxygen atoms in total. The van der Waals surface area contributed by atoms with Gasteiger partial charge in [-0.25, -0.2) is 0 Å². The molecule has 1 amide bonds. The molecule has 1 aliphatic heterocycles. The Morgan fingerprint density at radius 1 is 1.14 bits per heavy atom. The van der Waals surface area contributed by atoms with Crippen molar-refractivity contribution in [2.45, 2.75) is 74.9 Å². The number of carbonyl (C=O) groups is 1. The van der Waals surface area contributed by atoms with Crippen LogP contribution in [-0.4, -0.2) is 40.9 Å². The van der Waals surface area contributed by atoms with Crippen molar-refractivity contribution >= 4 is 17.5 Å². The van der Waals surface area contributed by atoms with E-state index in [-0.39, 0.29) is 5.91 Å². The van der Waals surface area contributed by atoms with Gasteiger partial charge in [0.2, 0.25) is 5.91 Å². The van der Waals surface area contributed by atoms with Gasteiger partial charge in [-0.15, -0.1) is 11.6 Å². The highest BCUT2D eigenvalue weighted by Gasteiger charge is 2.45. The van der Waals surface area contributed by atoms with Crippen LogP contribution in [0.5, 0.6) is 0 Å². The van der Waals surface area contributed by atoms with Gasteiger partial charge < -0.3 is 5.32 Å². The molecule has 0 spiro atoms. The zero-order valence-electron chi connectivity index (χ0n) is 12.8. The third kappa shape index (κ3) is 3.29. The molecule has 4 heteroatoms. The fourth-order valence-corrected chi connectivity index (χ4v) is 4.95. The number of likely N-dealkylation sites (tertiary alicyclic amines) is 1. The monoisotopic (exact) mass is 310 g/mol. The number of nitrogens with zero attached hydrogens (tertiary/aromatic N) is 1. The molecular weight excluding hydrogens is 284 g/mol. The summed E-state index contributed by atoms with van der Waals surface area (Å²) in [5, 5.41) is 3.56. The number of rotatable bonds is 3. The average molecular weight is 311 g/mol. The largest absolute Gasteiger partial charge is 0.348 e. The predicted octanol–water partition coefficient (Wildman–Crippen LogP) is 3.08. The molecule has 3 aliphatic rings. The Morgan fingerprint density at radius 3 is 2.57 bits per heavy atom. The van der Waals surface area contributed by atoms with E-state index >= 15 is 0 Å². The van der Waals surface area contributed by atoms with Gasteiger partial charge in [0.05, 0.1) is 0 Å². The molecule has 3 unspecified atom stereocenters. The maximum atomic E-state index is 11.7. The zero-order chi connectivity index (χ0) is 14.8. The van der Waals surface area contributed by atoms with E-state index in [1.165, 1.54) is 44.6 Å². The van der Waals surface area contributed by atoms with E-state index < -0.39 is 0 Å². The van der Waals surface area contributed by atoms with Crippen molar-refractivity contribution in [3.8, 4) is 0 Å². The number of nitrogens with one attached hydrogen (secondary N) is 1. The Hall–Kier alpha value is -0.540. The van der Waals surface area contributed by atoms with Crippen LogP contribution in [0, 0.1) is 5.92 Å². The lowest BCUT2D eigenvalue weighted by molar-refractivity contribution is -0.117. The Morgan fingerprint density at radius 2 is 1.86 bits per heavy atom. The fraction of sp³-hybridized carbons (Fsp3) is 0.824. The lowest BCUT2D eigenvalue weighted by atomic mass is 9.82. The van der Waals surface area contributed by atoms with Gasteiger partial charge >= 0.3 is 0 Å². The second-order valence-electron chi connectivity index (χ2n) is 6.94. The van der Waals surface area contributed by atoms with Crippen LogP contribution in [0.3, 0.4) is 0 Å². The molecule has 2 aliphatic carbocycles. The number of carbonyl (C=O) groups excluding carboxylic acids is 1. The summed E-state index contributed by atoms with van der Waals surface area (Å²) in [6.07, 6.45) is 11.3. The molecule has 3 fully saturated rings. The van der Waals surface area contributed by atoms with Crippen LogP contribution in [0.25, 0.3) is 0 Å². The maximum absolute atomic E-state index is 11.7. The topological polar surface area (TPSA) is 32.3 Å². The first-order valence-corrected chi connectivity index (χ1v) is 8.95. The van der Waals surface area contributed by atoms with E-state index in [4.69, 9.17) is 11.6 Å². The van der Waals surface area contributed by atoms with Crippen LogP contribution in [0.4, 0.5) is 0 Å². The Labute approximate surface area is 133 Å². The highest BCUT2D eigenvalue weighted by molar-refractivity contribution is 6.20. The number of alkyl halides is 1. The van der Waals surface area contributed by atoms with E-state index in [0.29, 0.717) is 29.4 Å². The quantitative estimate of drug-likeness (QED) is 0.642. The van der Waals surface area contributed by atoms with Gasteiger partial charge in [0, 0.05) is 30.0 Å². The summed E-state index contributed by atoms with van der Waals surface area (Å²) in [5.41, 5.74) is 0. The third-order valence-electron chi connectivity index (χ3n) is 5.74. The molecule has 2 saturated carbocycles. The molecule has 0 aromatic rings. The molecule has 0 aromatic carbocycles. The standard InChI is InChI=1S/C17H27ClN2O/c1-2-17(21)19-15-11-20(13-9-7-12(18)8-10-13)16-6-4-3-5-14(15)16/h2,12-16H,1,3-11H2,(H,19,21). The van der Waals surface area contributed by atoms with Crippen molar-refractivity contribution in [1.29, 1.82) is 0 Å². The second-order valence-corrected chi connectivity index (χ2v) is 7.55. The third-order valence-corrected chi connectivity index (χ3v) is 6.18. The lowest BCUT2D eigenvalue weighted by Gasteiger charge is -2.39. The molecule has 118 valence electrons. The smallest absolute Gasteiger partial charge is 0.243 e. The molecule has 1 N–H and O–H groups in total. The predicted molar refractivity (Wildman–Crippen MR) is 86.5 cm³/mol. The van der Waals surface area contributed by atoms with Crippen molar-refractivity contribution in [3.63, 3.8) is 0 Å². The average Bonchev–Trinajstić information content (AvgIpc) is 2.87. The van der Waals surface area contributed by atoms with E-state index in [2.05, 4.69) is 16.8 Å². The zero-order valence-corrected chi connectivity index (χ0v) is 13.5. The minimum absolute atomic E-state index is 0.0179. The van der Waals surface area contributed by atoms with E-state index in [0.717, 1.165) is 19.4 Å². The highest BCUT2D eigenvalue weighted by atomic mass is 35.5. The summed E-state index contributed by atoms with van der Waals surface area (Å²) in [7, 11) is 0. The van der Waals surface area contributed by atoms with Crippen molar-refractivity contribution in [1.82, 2.24) is 10.2 Å². The van der Waals surface area contributed by atoms with Crippen LogP contribution in [-0.2, 0) is 4.79 Å². The van der Waals surface area contributed by atoms with Crippen LogP contribution in [0.2, 0.25) is 0 Å². The summed E-state index contributed by atoms with van der Waals surface area (Å²) in [6.45, 7) is 4.60. The summed E-state index contributed by atoms with van der Waals surface area (Å²) >= 11 is 6.26. The molecular formula is C17H27ClN2O. The van der Waals surface area contributed by atoms with Gasteiger partial charge in [0.1, 0.15) is 0 Å². The summed E-state index contributed by atoms with van der Waals surface area (Å²) in [4.78, 5) is 14.4. The van der Waals surface area contributed by atoms with Gasteiger partial charge in [-0.3, -0.25) is 9.69 Å². The first kappa shape index (κ1) is 15.4. The number of amides is 1. The summed E-state index contributed by atoms with van der Waals surface area (Å²) in [6, 6.07) is 1.66. The number of fused-ring (bicyclic) bond motifs is 1. The fourth-order valence-electron chi connectivity index (χ4n) is 4.70. The van der Waals surface area contributed by atoms with E-state index in [9.17, 15) is 4.79 Å². The molecule has 1 saturated heterocycles. The van der Waals surface area contributed by atoms with Gasteiger partial charge in [-0.2, -0.15) is 0 Å². The van der Waals surface area contributed by atoms with Crippen molar-refractivity contribution in [2.24, 2.45) is 5.92 Å².